The lowest BCUT2D eigenvalue weighted by molar-refractivity contribution is -0.159. The van der Waals surface area contributed by atoms with Crippen molar-refractivity contribution in [3.8, 4) is 0 Å². The van der Waals surface area contributed by atoms with Crippen molar-refractivity contribution in [3.63, 3.8) is 0 Å². The number of benzene rings is 2. The fourth-order valence-corrected chi connectivity index (χ4v) is 5.94. The number of halogens is 1. The van der Waals surface area contributed by atoms with Crippen molar-refractivity contribution in [2.24, 2.45) is 5.92 Å². The molecule has 0 spiro atoms. The van der Waals surface area contributed by atoms with Crippen LogP contribution in [0.15, 0.2) is 67.0 Å². The molecule has 0 unspecified atom stereocenters. The molecule has 1 aliphatic heterocycles. The van der Waals surface area contributed by atoms with Gasteiger partial charge in [-0.1, -0.05) is 35.6 Å². The quantitative estimate of drug-likeness (QED) is 0.112. The number of fused-ring (bicyclic) bond motifs is 2. The Morgan fingerprint density at radius 1 is 0.759 bits per heavy atom. The van der Waals surface area contributed by atoms with E-state index in [4.69, 9.17) is 64.4 Å². The van der Waals surface area contributed by atoms with Crippen LogP contribution in [0.4, 0.5) is 9.52 Å². The number of likely N-dealkylation sites (tertiary alicyclic amines) is 1. The number of pyridine rings is 1. The lowest BCUT2D eigenvalue weighted by Crippen LogP contribution is -2.37. The van der Waals surface area contributed by atoms with Crippen LogP contribution < -0.4 is 5.32 Å². The van der Waals surface area contributed by atoms with E-state index in [1.807, 2.05) is 36.7 Å². The van der Waals surface area contributed by atoms with E-state index in [1.54, 1.807) is 11.3 Å². The number of imidazole rings is 1. The van der Waals surface area contributed by atoms with E-state index in [0.717, 1.165) is 65.7 Å². The average Bonchev–Trinajstić information content (AvgIpc) is 3.71. The number of carbonyl (C=O) groups is 6. The molecule has 5 aromatic rings. The van der Waals surface area contributed by atoms with Crippen LogP contribution in [0.25, 0.3) is 21.3 Å². The van der Waals surface area contributed by atoms with Gasteiger partial charge in [-0.25, -0.2) is 43.1 Å². The van der Waals surface area contributed by atoms with Crippen molar-refractivity contribution in [3.05, 3.63) is 84.2 Å². The highest BCUT2D eigenvalue weighted by Crippen LogP contribution is 2.26. The molecule has 2 aromatic carbocycles. The van der Waals surface area contributed by atoms with Gasteiger partial charge in [-0.15, -0.1) is 0 Å². The number of nitrogens with one attached hydrogen (secondary N) is 1. The van der Waals surface area contributed by atoms with E-state index < -0.39 is 35.8 Å². The topological polar surface area (TPSA) is 283 Å². The van der Waals surface area contributed by atoms with Crippen LogP contribution in [0.5, 0.6) is 0 Å². The summed E-state index contributed by atoms with van der Waals surface area (Å²) in [5.74, 6) is -9.39. The molecule has 0 amide bonds. The largest absolute Gasteiger partial charge is 0.473 e. The van der Waals surface area contributed by atoms with Gasteiger partial charge in [0.2, 0.25) is 0 Å². The highest BCUT2D eigenvalue weighted by atomic mass is 32.1. The zero-order valence-electron chi connectivity index (χ0n) is 28.2. The summed E-state index contributed by atoms with van der Waals surface area (Å²) in [6.07, 6.45) is 6.95. The molecule has 18 nitrogen and oxygen atoms in total. The molecule has 1 aliphatic rings. The lowest BCUT2D eigenvalue weighted by atomic mass is 9.93. The molecule has 0 aliphatic carbocycles. The molecular formula is C34H35FN6O12S. The number of hydrogen-bond acceptors (Lipinski definition) is 12. The fourth-order valence-electron chi connectivity index (χ4n) is 5.08. The smallest absolute Gasteiger partial charge is 0.414 e. The molecule has 20 heteroatoms. The Kier molecular flexibility index (Phi) is 15.9. The third kappa shape index (κ3) is 13.5. The second kappa shape index (κ2) is 20.5. The summed E-state index contributed by atoms with van der Waals surface area (Å²) in [4.78, 5) is 70.9. The van der Waals surface area contributed by atoms with Crippen LogP contribution in [0, 0.1) is 11.7 Å². The van der Waals surface area contributed by atoms with Crippen molar-refractivity contribution in [1.82, 2.24) is 24.4 Å². The SMILES string of the molecule is Fc1ccc(Cn2c(CC3CCN(CCNc4nc5cnccc5s4)CC3)nc3ccccc32)cc1.O=C(O)C(=O)O.O=C(O)C(=O)O.O=C(O)C(=O)O. The monoisotopic (exact) mass is 770 g/mol. The number of carboxylic acid groups (broad SMARTS) is 6. The van der Waals surface area contributed by atoms with Gasteiger partial charge in [0, 0.05) is 32.3 Å². The number of rotatable bonds is 8. The molecule has 3 aromatic heterocycles. The van der Waals surface area contributed by atoms with Gasteiger partial charge in [0.25, 0.3) is 0 Å². The van der Waals surface area contributed by atoms with Gasteiger partial charge >= 0.3 is 35.8 Å². The Morgan fingerprint density at radius 3 is 1.89 bits per heavy atom. The minimum Gasteiger partial charge on any atom is -0.473 e. The van der Waals surface area contributed by atoms with Crippen LogP contribution in [-0.4, -0.2) is 117 Å². The number of aliphatic carboxylic acids is 6. The molecule has 1 fully saturated rings. The molecule has 7 N–H and O–H groups in total. The maximum absolute atomic E-state index is 13.4. The Labute approximate surface area is 308 Å². The minimum atomic E-state index is -1.82. The summed E-state index contributed by atoms with van der Waals surface area (Å²) in [5, 5.41) is 48.8. The first-order chi connectivity index (χ1) is 25.6. The van der Waals surface area contributed by atoms with Crippen LogP contribution in [0.1, 0.15) is 24.2 Å². The van der Waals surface area contributed by atoms with Crippen molar-refractivity contribution >= 4 is 73.5 Å². The maximum atomic E-state index is 13.4. The first-order valence-corrected chi connectivity index (χ1v) is 16.7. The van der Waals surface area contributed by atoms with Gasteiger partial charge in [0.1, 0.15) is 17.2 Å². The summed E-state index contributed by atoms with van der Waals surface area (Å²) >= 11 is 1.68. The summed E-state index contributed by atoms with van der Waals surface area (Å²) in [7, 11) is 0. The van der Waals surface area contributed by atoms with Gasteiger partial charge in [0.15, 0.2) is 5.13 Å². The van der Waals surface area contributed by atoms with E-state index in [0.29, 0.717) is 12.5 Å². The maximum Gasteiger partial charge on any atom is 0.414 e. The molecule has 0 radical (unpaired) electrons. The van der Waals surface area contributed by atoms with E-state index in [1.165, 1.54) is 29.7 Å². The third-order valence-corrected chi connectivity index (χ3v) is 8.60. The Bertz CT molecular complexity index is 1950. The zero-order chi connectivity index (χ0) is 39.8. The van der Waals surface area contributed by atoms with E-state index in [-0.39, 0.29) is 5.82 Å². The highest BCUT2D eigenvalue weighted by Gasteiger charge is 2.22. The Balaban J connectivity index is 0.000000363. The normalized spacial score (nSPS) is 12.5. The van der Waals surface area contributed by atoms with Crippen molar-refractivity contribution < 1.29 is 63.8 Å². The van der Waals surface area contributed by atoms with Crippen molar-refractivity contribution in [2.75, 3.05) is 31.5 Å². The van der Waals surface area contributed by atoms with Gasteiger partial charge in [0.05, 0.1) is 21.9 Å². The summed E-state index contributed by atoms with van der Waals surface area (Å²) in [6, 6.07) is 17.1. The molecule has 54 heavy (non-hydrogen) atoms. The molecule has 0 saturated carbocycles. The van der Waals surface area contributed by atoms with Crippen LogP contribution in [0.2, 0.25) is 0 Å². The van der Waals surface area contributed by atoms with E-state index >= 15 is 0 Å². The number of carboxylic acids is 6. The molecule has 0 atom stereocenters. The number of hydrogen-bond donors (Lipinski definition) is 7. The summed E-state index contributed by atoms with van der Waals surface area (Å²) < 4.78 is 16.9. The second-order valence-corrected chi connectivity index (χ2v) is 12.4. The standard InChI is InChI=1S/C28H29FN6S.3C2H2O4/c29-22-7-5-21(6-8-22)19-35-25-4-2-1-3-23(25)32-27(35)17-20-10-14-34(15-11-20)16-13-31-28-33-24-18-30-12-9-26(24)36-28;3*3-1(4)2(5)6/h1-9,12,18,20H,10-11,13-17,19H2,(H,31,33);3*(H,3,4)(H,5,6). The van der Waals surface area contributed by atoms with Gasteiger partial charge in [-0.05, 0) is 67.7 Å². The first-order valence-electron chi connectivity index (χ1n) is 15.9. The number of thiazole rings is 1. The van der Waals surface area contributed by atoms with E-state index in [9.17, 15) is 4.39 Å². The van der Waals surface area contributed by atoms with Gasteiger partial charge < -0.3 is 45.4 Å². The third-order valence-electron chi connectivity index (χ3n) is 7.61. The van der Waals surface area contributed by atoms with Crippen molar-refractivity contribution in [1.29, 1.82) is 0 Å². The molecule has 286 valence electrons. The second-order valence-electron chi connectivity index (χ2n) is 11.3. The van der Waals surface area contributed by atoms with Gasteiger partial charge in [-0.3, -0.25) is 4.98 Å². The van der Waals surface area contributed by atoms with E-state index in [2.05, 4.69) is 43.0 Å². The predicted molar refractivity (Wildman–Crippen MR) is 190 cm³/mol. The summed E-state index contributed by atoms with van der Waals surface area (Å²) in [5.41, 5.74) is 4.22. The van der Waals surface area contributed by atoms with Crippen molar-refractivity contribution in [2.45, 2.75) is 25.8 Å². The predicted octanol–water partition coefficient (Wildman–Crippen LogP) is 3.06. The minimum absolute atomic E-state index is 0.200. The molecule has 4 heterocycles. The number of para-hydroxylation sites is 2. The van der Waals surface area contributed by atoms with Crippen LogP contribution in [0.3, 0.4) is 0 Å². The number of anilines is 1. The highest BCUT2D eigenvalue weighted by molar-refractivity contribution is 7.22. The molecular weight excluding hydrogens is 735 g/mol. The van der Waals surface area contributed by atoms with Crippen LogP contribution >= 0.6 is 11.3 Å². The zero-order valence-corrected chi connectivity index (χ0v) is 29.1. The lowest BCUT2D eigenvalue weighted by Gasteiger charge is -2.31. The molecule has 6 rings (SSSR count). The number of piperidine rings is 1. The number of nitrogens with zero attached hydrogens (tertiary/aromatic N) is 5. The van der Waals surface area contributed by atoms with Gasteiger partial charge in [-0.2, -0.15) is 0 Å². The Morgan fingerprint density at radius 2 is 1.33 bits per heavy atom. The fraction of sp³-hybridized carbons (Fsp3) is 0.265. The Hall–Kier alpha value is -6.54. The first kappa shape index (κ1) is 41.9. The molecule has 1 saturated heterocycles. The molecule has 0 bridgehead atoms. The average molecular weight is 771 g/mol. The summed E-state index contributed by atoms with van der Waals surface area (Å²) in [6.45, 7) is 4.83. The van der Waals surface area contributed by atoms with Crippen LogP contribution in [-0.2, 0) is 41.7 Å². The number of aromatic nitrogens is 4.